The Kier molecular flexibility index (Phi) is 3.44. The van der Waals surface area contributed by atoms with Gasteiger partial charge < -0.3 is 14.9 Å². The summed E-state index contributed by atoms with van der Waals surface area (Å²) in [5, 5.41) is 18.8. The zero-order chi connectivity index (χ0) is 11.5. The lowest BCUT2D eigenvalue weighted by Crippen LogP contribution is -2.46. The molecule has 4 nitrogen and oxygen atoms in total. The van der Waals surface area contributed by atoms with Gasteiger partial charge in [-0.15, -0.1) is 6.58 Å². The Balaban J connectivity index is 3.05. The maximum absolute atomic E-state index is 10.8. The number of hydrogen-bond donors (Lipinski definition) is 2. The molecule has 0 fully saturated rings. The number of methoxy groups -OCH3 is 1. The van der Waals surface area contributed by atoms with Crippen molar-refractivity contribution in [3.05, 3.63) is 36.5 Å². The van der Waals surface area contributed by atoms with Gasteiger partial charge in [0, 0.05) is 13.5 Å². The van der Waals surface area contributed by atoms with Gasteiger partial charge in [0.2, 0.25) is 0 Å². The molecule has 0 amide bonds. The Hall–Kier alpha value is -1.39. The van der Waals surface area contributed by atoms with E-state index in [9.17, 15) is 9.90 Å². The number of aliphatic hydroxyl groups is 1. The van der Waals surface area contributed by atoms with E-state index in [2.05, 4.69) is 6.58 Å². The van der Waals surface area contributed by atoms with Crippen molar-refractivity contribution >= 4 is 5.97 Å². The third-order valence-corrected chi connectivity index (χ3v) is 2.50. The van der Waals surface area contributed by atoms with Crippen LogP contribution in [0.2, 0.25) is 0 Å². The van der Waals surface area contributed by atoms with Crippen molar-refractivity contribution < 1.29 is 19.7 Å². The van der Waals surface area contributed by atoms with Gasteiger partial charge in [0.1, 0.15) is 11.7 Å². The molecule has 1 aliphatic rings. The topological polar surface area (TPSA) is 66.8 Å². The largest absolute Gasteiger partial charge is 0.478 e. The van der Waals surface area contributed by atoms with Crippen LogP contribution in [0.1, 0.15) is 6.42 Å². The fourth-order valence-corrected chi connectivity index (χ4v) is 1.62. The Labute approximate surface area is 88.2 Å². The van der Waals surface area contributed by atoms with Gasteiger partial charge in [-0.3, -0.25) is 0 Å². The lowest BCUT2D eigenvalue weighted by atomic mass is 9.84. The molecule has 1 rings (SSSR count). The van der Waals surface area contributed by atoms with Crippen molar-refractivity contribution in [2.24, 2.45) is 0 Å². The third kappa shape index (κ3) is 2.00. The molecule has 2 N–H and O–H groups in total. The average molecular weight is 210 g/mol. The molecule has 2 unspecified atom stereocenters. The molecule has 15 heavy (non-hydrogen) atoms. The molecule has 0 radical (unpaired) electrons. The first-order valence-electron chi connectivity index (χ1n) is 4.54. The van der Waals surface area contributed by atoms with Crippen molar-refractivity contribution in [3.63, 3.8) is 0 Å². The lowest BCUT2D eigenvalue weighted by Gasteiger charge is -2.35. The average Bonchev–Trinajstić information content (AvgIpc) is 2.21. The zero-order valence-electron chi connectivity index (χ0n) is 8.51. The first-order valence-corrected chi connectivity index (χ1v) is 4.54. The molecule has 0 spiro atoms. The summed E-state index contributed by atoms with van der Waals surface area (Å²) in [6, 6.07) is 0. The van der Waals surface area contributed by atoms with Gasteiger partial charge in [-0.1, -0.05) is 12.2 Å². The Morgan fingerprint density at radius 1 is 1.80 bits per heavy atom. The van der Waals surface area contributed by atoms with Gasteiger partial charge in [-0.25, -0.2) is 4.79 Å². The SMILES string of the molecule is C=CCC1(OC)C=CC=C(C(=O)O)C1O. The summed E-state index contributed by atoms with van der Waals surface area (Å²) in [6.07, 6.45) is 5.35. The minimum atomic E-state index is -1.18. The van der Waals surface area contributed by atoms with Gasteiger partial charge >= 0.3 is 5.97 Å². The second-order valence-electron chi connectivity index (χ2n) is 3.34. The van der Waals surface area contributed by atoms with Crippen LogP contribution in [0.15, 0.2) is 36.5 Å². The van der Waals surface area contributed by atoms with Crippen LogP contribution in [0.4, 0.5) is 0 Å². The van der Waals surface area contributed by atoms with Crippen molar-refractivity contribution in [2.45, 2.75) is 18.1 Å². The van der Waals surface area contributed by atoms with E-state index >= 15 is 0 Å². The molecule has 0 aromatic carbocycles. The monoisotopic (exact) mass is 210 g/mol. The molecule has 1 aliphatic carbocycles. The normalized spacial score (nSPS) is 29.7. The zero-order valence-corrected chi connectivity index (χ0v) is 8.51. The fourth-order valence-electron chi connectivity index (χ4n) is 1.62. The Bertz CT molecular complexity index is 329. The highest BCUT2D eigenvalue weighted by Gasteiger charge is 2.40. The predicted octanol–water partition coefficient (Wildman–Crippen LogP) is 0.889. The predicted molar refractivity (Wildman–Crippen MR) is 55.4 cm³/mol. The number of allylic oxidation sites excluding steroid dienone is 2. The van der Waals surface area contributed by atoms with E-state index in [-0.39, 0.29) is 5.57 Å². The number of rotatable bonds is 4. The molecule has 0 aromatic rings. The summed E-state index contributed by atoms with van der Waals surface area (Å²) in [4.78, 5) is 10.8. The third-order valence-electron chi connectivity index (χ3n) is 2.50. The number of carboxylic acids is 1. The number of carboxylic acid groups (broad SMARTS) is 1. The highest BCUT2D eigenvalue weighted by Crippen LogP contribution is 2.30. The maximum atomic E-state index is 10.8. The van der Waals surface area contributed by atoms with Crippen LogP contribution in [-0.4, -0.2) is 35.0 Å². The van der Waals surface area contributed by atoms with Crippen LogP contribution >= 0.6 is 0 Å². The van der Waals surface area contributed by atoms with Gasteiger partial charge in [-0.2, -0.15) is 0 Å². The Morgan fingerprint density at radius 2 is 2.47 bits per heavy atom. The molecule has 2 atom stereocenters. The molecule has 0 saturated carbocycles. The minimum Gasteiger partial charge on any atom is -0.478 e. The summed E-state index contributed by atoms with van der Waals surface area (Å²) in [5.74, 6) is -1.14. The van der Waals surface area contributed by atoms with E-state index in [1.165, 1.54) is 13.2 Å². The highest BCUT2D eigenvalue weighted by atomic mass is 16.5. The van der Waals surface area contributed by atoms with Gasteiger partial charge in [0.15, 0.2) is 0 Å². The van der Waals surface area contributed by atoms with E-state index in [4.69, 9.17) is 9.84 Å². The van der Waals surface area contributed by atoms with Crippen LogP contribution in [0.3, 0.4) is 0 Å². The molecule has 4 heteroatoms. The highest BCUT2D eigenvalue weighted by molar-refractivity contribution is 5.89. The standard InChI is InChI=1S/C11H14O4/c1-3-6-11(15-2)7-4-5-8(9(11)12)10(13)14/h3-5,7,9,12H,1,6H2,2H3,(H,13,14). The second-order valence-corrected chi connectivity index (χ2v) is 3.34. The number of aliphatic hydroxyl groups excluding tert-OH is 1. The molecule has 0 aliphatic heterocycles. The molecule has 0 aromatic heterocycles. The van der Waals surface area contributed by atoms with Crippen molar-refractivity contribution in [1.82, 2.24) is 0 Å². The summed E-state index contributed by atoms with van der Waals surface area (Å²) >= 11 is 0. The molecule has 82 valence electrons. The van der Waals surface area contributed by atoms with Crippen LogP contribution in [0.5, 0.6) is 0 Å². The van der Waals surface area contributed by atoms with Gasteiger partial charge in [0.05, 0.1) is 5.57 Å². The molecule has 0 bridgehead atoms. The summed E-state index contributed by atoms with van der Waals surface area (Å²) in [7, 11) is 1.43. The molecular weight excluding hydrogens is 196 g/mol. The van der Waals surface area contributed by atoms with E-state index < -0.39 is 17.7 Å². The van der Waals surface area contributed by atoms with Crippen molar-refractivity contribution in [2.75, 3.05) is 7.11 Å². The number of aliphatic carboxylic acids is 1. The summed E-state index contributed by atoms with van der Waals surface area (Å²) in [5.41, 5.74) is -1.08. The number of ether oxygens (including phenoxy) is 1. The van der Waals surface area contributed by atoms with Gasteiger partial charge in [0.25, 0.3) is 0 Å². The summed E-state index contributed by atoms with van der Waals surface area (Å²) < 4.78 is 5.20. The lowest BCUT2D eigenvalue weighted by molar-refractivity contribution is -0.136. The number of carbonyl (C=O) groups is 1. The van der Waals surface area contributed by atoms with Crippen LogP contribution in [-0.2, 0) is 9.53 Å². The smallest absolute Gasteiger partial charge is 0.334 e. The Morgan fingerprint density at radius 3 is 2.93 bits per heavy atom. The maximum Gasteiger partial charge on any atom is 0.334 e. The van der Waals surface area contributed by atoms with Gasteiger partial charge in [-0.05, 0) is 12.2 Å². The minimum absolute atomic E-state index is 0.0683. The first-order chi connectivity index (χ1) is 7.07. The van der Waals surface area contributed by atoms with Crippen LogP contribution in [0, 0.1) is 0 Å². The van der Waals surface area contributed by atoms with Crippen molar-refractivity contribution in [3.8, 4) is 0 Å². The van der Waals surface area contributed by atoms with E-state index in [1.807, 2.05) is 0 Å². The van der Waals surface area contributed by atoms with E-state index in [0.29, 0.717) is 6.42 Å². The molecule has 0 heterocycles. The van der Waals surface area contributed by atoms with Crippen molar-refractivity contribution in [1.29, 1.82) is 0 Å². The fraction of sp³-hybridized carbons (Fsp3) is 0.364. The molecular formula is C11H14O4. The second kappa shape index (κ2) is 4.42. The summed E-state index contributed by atoms with van der Waals surface area (Å²) in [6.45, 7) is 3.56. The van der Waals surface area contributed by atoms with Crippen LogP contribution < -0.4 is 0 Å². The molecule has 0 saturated heterocycles. The number of hydrogen-bond acceptors (Lipinski definition) is 3. The van der Waals surface area contributed by atoms with E-state index in [0.717, 1.165) is 0 Å². The quantitative estimate of drug-likeness (QED) is 0.676. The van der Waals surface area contributed by atoms with Crippen LogP contribution in [0.25, 0.3) is 0 Å². The first kappa shape index (κ1) is 11.7. The van der Waals surface area contributed by atoms with E-state index in [1.54, 1.807) is 18.2 Å².